The minimum Gasteiger partial charge on any atom is -0.508 e. The van der Waals surface area contributed by atoms with E-state index in [9.17, 15) is 15.0 Å². The van der Waals surface area contributed by atoms with Crippen molar-refractivity contribution in [2.24, 2.45) is 0 Å². The highest BCUT2D eigenvalue weighted by Crippen LogP contribution is 2.21. The molecule has 0 unspecified atom stereocenters. The summed E-state index contributed by atoms with van der Waals surface area (Å²) in [7, 11) is 0. The van der Waals surface area contributed by atoms with Gasteiger partial charge in [-0.05, 0) is 24.1 Å². The number of esters is 1. The van der Waals surface area contributed by atoms with Gasteiger partial charge in [0.15, 0.2) is 0 Å². The molecule has 0 aliphatic heterocycles. The van der Waals surface area contributed by atoms with E-state index in [1.165, 1.54) is 102 Å². The van der Waals surface area contributed by atoms with E-state index in [1.807, 2.05) is 0 Å². The van der Waals surface area contributed by atoms with Crippen molar-refractivity contribution in [1.82, 2.24) is 0 Å². The fourth-order valence-corrected chi connectivity index (χ4v) is 3.64. The Morgan fingerprint density at radius 1 is 0.690 bits per heavy atom. The molecule has 0 saturated carbocycles. The molecule has 1 rings (SSSR count). The maximum atomic E-state index is 11.8. The van der Waals surface area contributed by atoms with Gasteiger partial charge in [0.2, 0.25) is 0 Å². The van der Waals surface area contributed by atoms with Crippen molar-refractivity contribution in [1.29, 1.82) is 0 Å². The van der Waals surface area contributed by atoms with Crippen LogP contribution in [-0.2, 0) is 16.0 Å². The summed E-state index contributed by atoms with van der Waals surface area (Å²) in [5, 5.41) is 18.8. The third-order valence-corrected chi connectivity index (χ3v) is 5.32. The first-order chi connectivity index (χ1) is 14.1. The van der Waals surface area contributed by atoms with Crippen LogP contribution in [0.4, 0.5) is 0 Å². The molecule has 166 valence electrons. The van der Waals surface area contributed by atoms with E-state index in [1.54, 1.807) is 0 Å². The molecular formula is C25H42O4. The molecule has 0 aliphatic carbocycles. The van der Waals surface area contributed by atoms with E-state index < -0.39 is 0 Å². The summed E-state index contributed by atoms with van der Waals surface area (Å²) in [6, 6.07) is 4.17. The molecule has 0 fully saturated rings. The van der Waals surface area contributed by atoms with Gasteiger partial charge in [0.25, 0.3) is 0 Å². The molecule has 4 heteroatoms. The molecule has 0 aromatic heterocycles. The topological polar surface area (TPSA) is 66.8 Å². The summed E-state index contributed by atoms with van der Waals surface area (Å²) in [5.41, 5.74) is 0.559. The molecule has 1 aromatic carbocycles. The van der Waals surface area contributed by atoms with Crippen LogP contribution < -0.4 is 0 Å². The Hall–Kier alpha value is -1.71. The van der Waals surface area contributed by atoms with Crippen molar-refractivity contribution >= 4 is 5.97 Å². The molecule has 1 aromatic rings. The van der Waals surface area contributed by atoms with Crippen LogP contribution in [0, 0.1) is 0 Å². The highest BCUT2D eigenvalue weighted by atomic mass is 16.5. The zero-order valence-electron chi connectivity index (χ0n) is 18.5. The lowest BCUT2D eigenvalue weighted by Crippen LogP contribution is -2.09. The van der Waals surface area contributed by atoms with Crippen LogP contribution in [0.25, 0.3) is 0 Å². The van der Waals surface area contributed by atoms with Gasteiger partial charge < -0.3 is 14.9 Å². The van der Waals surface area contributed by atoms with Crippen LogP contribution in [0.1, 0.15) is 109 Å². The van der Waals surface area contributed by atoms with Gasteiger partial charge >= 0.3 is 5.97 Å². The van der Waals surface area contributed by atoms with E-state index in [-0.39, 0.29) is 23.9 Å². The molecule has 0 aliphatic rings. The fourth-order valence-electron chi connectivity index (χ4n) is 3.64. The average molecular weight is 407 g/mol. The second-order valence-corrected chi connectivity index (χ2v) is 8.20. The minimum absolute atomic E-state index is 0.0461. The van der Waals surface area contributed by atoms with E-state index in [2.05, 4.69) is 6.92 Å². The monoisotopic (exact) mass is 406 g/mol. The lowest BCUT2D eigenvalue weighted by atomic mass is 10.0. The first-order valence-electron chi connectivity index (χ1n) is 11.8. The maximum absolute atomic E-state index is 11.8. The number of carbonyl (C=O) groups excluding carboxylic acids is 1. The number of ether oxygens (including phenoxy) is 1. The zero-order valence-corrected chi connectivity index (χ0v) is 18.5. The Bertz CT molecular complexity index is 521. The van der Waals surface area contributed by atoms with E-state index in [0.29, 0.717) is 12.2 Å². The third kappa shape index (κ3) is 14.9. The van der Waals surface area contributed by atoms with Crippen LogP contribution >= 0.6 is 0 Å². The lowest BCUT2D eigenvalue weighted by Gasteiger charge is -2.06. The van der Waals surface area contributed by atoms with Crippen LogP contribution in [0.2, 0.25) is 0 Å². The summed E-state index contributed by atoms with van der Waals surface area (Å²) < 4.78 is 5.24. The van der Waals surface area contributed by atoms with Crippen molar-refractivity contribution in [3.05, 3.63) is 23.8 Å². The molecule has 0 saturated heterocycles. The predicted octanol–water partition coefficient (Wildman–Crippen LogP) is 7.05. The second-order valence-electron chi connectivity index (χ2n) is 8.20. The lowest BCUT2D eigenvalue weighted by molar-refractivity contribution is -0.142. The van der Waals surface area contributed by atoms with Gasteiger partial charge in [0, 0.05) is 6.07 Å². The summed E-state index contributed by atoms with van der Waals surface area (Å²) in [6.07, 6.45) is 19.8. The van der Waals surface area contributed by atoms with E-state index in [4.69, 9.17) is 4.74 Å². The Labute approximate surface area is 177 Å². The Balaban J connectivity index is 1.84. The Morgan fingerprint density at radius 3 is 1.55 bits per heavy atom. The summed E-state index contributed by atoms with van der Waals surface area (Å²) >= 11 is 0. The predicted molar refractivity (Wildman–Crippen MR) is 119 cm³/mol. The van der Waals surface area contributed by atoms with Gasteiger partial charge in [0.1, 0.15) is 11.5 Å². The van der Waals surface area contributed by atoms with Gasteiger partial charge in [-0.2, -0.15) is 0 Å². The van der Waals surface area contributed by atoms with Gasteiger partial charge in [-0.15, -0.1) is 0 Å². The van der Waals surface area contributed by atoms with Crippen molar-refractivity contribution in [3.63, 3.8) is 0 Å². The summed E-state index contributed by atoms with van der Waals surface area (Å²) in [4.78, 5) is 11.8. The van der Waals surface area contributed by atoms with Crippen molar-refractivity contribution in [3.8, 4) is 11.5 Å². The van der Waals surface area contributed by atoms with Crippen LogP contribution in [-0.4, -0.2) is 22.8 Å². The fraction of sp³-hybridized carbons (Fsp3) is 0.720. The zero-order chi connectivity index (χ0) is 21.2. The number of unbranched alkanes of at least 4 members (excludes halogenated alkanes) is 14. The Morgan fingerprint density at radius 2 is 1.10 bits per heavy atom. The number of benzene rings is 1. The average Bonchev–Trinajstić information content (AvgIpc) is 2.67. The molecule has 29 heavy (non-hydrogen) atoms. The smallest absolute Gasteiger partial charge is 0.310 e. The molecule has 2 N–H and O–H groups in total. The summed E-state index contributed by atoms with van der Waals surface area (Å²) in [6.45, 7) is 2.71. The number of phenols is 2. The van der Waals surface area contributed by atoms with Crippen molar-refractivity contribution < 1.29 is 19.7 Å². The highest BCUT2D eigenvalue weighted by molar-refractivity contribution is 5.72. The van der Waals surface area contributed by atoms with Gasteiger partial charge in [-0.1, -0.05) is 96.8 Å². The normalized spacial score (nSPS) is 10.9. The second kappa shape index (κ2) is 17.2. The number of phenolic OH excluding ortho intramolecular Hbond substituents is 2. The molecule has 0 amide bonds. The quantitative estimate of drug-likeness (QED) is 0.202. The third-order valence-electron chi connectivity index (χ3n) is 5.32. The van der Waals surface area contributed by atoms with Gasteiger partial charge in [-0.3, -0.25) is 4.79 Å². The number of aromatic hydroxyl groups is 2. The SMILES string of the molecule is CCCCCCCCCCCCCCCCCOC(=O)Cc1cc(O)cc(O)c1. The number of hydrogen-bond donors (Lipinski definition) is 2. The molecule has 0 atom stereocenters. The first kappa shape index (κ1) is 25.3. The van der Waals surface area contributed by atoms with Gasteiger partial charge in [0.05, 0.1) is 13.0 Å². The standard InChI is InChI=1S/C25H42O4/c1-2-3-4-5-6-7-8-9-10-11-12-13-14-15-16-17-29-25(28)20-22-18-23(26)21-24(27)19-22/h18-19,21,26-27H,2-17,20H2,1H3. The highest BCUT2D eigenvalue weighted by Gasteiger charge is 2.07. The van der Waals surface area contributed by atoms with E-state index >= 15 is 0 Å². The Kier molecular flexibility index (Phi) is 15.0. The molecule has 4 nitrogen and oxygen atoms in total. The number of rotatable bonds is 18. The van der Waals surface area contributed by atoms with Gasteiger partial charge in [-0.25, -0.2) is 0 Å². The van der Waals surface area contributed by atoms with Crippen LogP contribution in [0.5, 0.6) is 11.5 Å². The van der Waals surface area contributed by atoms with Crippen molar-refractivity contribution in [2.45, 2.75) is 110 Å². The largest absolute Gasteiger partial charge is 0.508 e. The molecule has 0 heterocycles. The van der Waals surface area contributed by atoms with Crippen LogP contribution in [0.15, 0.2) is 18.2 Å². The summed E-state index contributed by atoms with van der Waals surface area (Å²) in [5.74, 6) is -0.411. The first-order valence-corrected chi connectivity index (χ1v) is 11.8. The minimum atomic E-state index is -0.319. The molecular weight excluding hydrogens is 364 g/mol. The number of carbonyl (C=O) groups is 1. The van der Waals surface area contributed by atoms with Crippen LogP contribution in [0.3, 0.4) is 0 Å². The molecule has 0 spiro atoms. The molecule has 0 radical (unpaired) electrons. The maximum Gasteiger partial charge on any atom is 0.310 e. The van der Waals surface area contributed by atoms with Crippen molar-refractivity contribution in [2.75, 3.05) is 6.61 Å². The van der Waals surface area contributed by atoms with E-state index in [0.717, 1.165) is 12.8 Å². The molecule has 0 bridgehead atoms. The number of hydrogen-bond acceptors (Lipinski definition) is 4.